The monoisotopic (exact) mass is 237 g/mol. The normalized spacial score (nSPS) is 12.2. The number of aromatic nitrogens is 3. The number of aldehydes is 1. The molecule has 0 bridgehead atoms. The third kappa shape index (κ3) is 1.65. The number of aryl methyl sites for hydroxylation is 1. The van der Waals surface area contributed by atoms with E-state index >= 15 is 0 Å². The standard InChI is InChI=1S/C11H15N3OS/c1-5-8-13-14-7(6-15)9(11(2,3)4)12-10(14)16-8/h6H,5H2,1-4H3. The maximum absolute atomic E-state index is 11.2. The molecule has 2 aromatic rings. The molecule has 2 heterocycles. The smallest absolute Gasteiger partial charge is 0.213 e. The molecule has 0 radical (unpaired) electrons. The first kappa shape index (κ1) is 11.3. The first-order chi connectivity index (χ1) is 7.47. The van der Waals surface area contributed by atoms with Gasteiger partial charge in [-0.2, -0.15) is 9.61 Å². The van der Waals surface area contributed by atoms with Crippen LogP contribution in [0.1, 0.15) is 48.9 Å². The van der Waals surface area contributed by atoms with Gasteiger partial charge in [0.2, 0.25) is 4.96 Å². The molecular formula is C11H15N3OS. The van der Waals surface area contributed by atoms with Crippen molar-refractivity contribution in [2.45, 2.75) is 39.5 Å². The van der Waals surface area contributed by atoms with Crippen LogP contribution in [0.4, 0.5) is 0 Å². The Labute approximate surface area is 98.3 Å². The second-order valence-corrected chi connectivity index (χ2v) is 5.80. The molecule has 0 saturated heterocycles. The molecule has 0 aliphatic rings. The van der Waals surface area contributed by atoms with Crippen molar-refractivity contribution in [1.82, 2.24) is 14.6 Å². The summed E-state index contributed by atoms with van der Waals surface area (Å²) in [6.45, 7) is 8.19. The Balaban J connectivity index is 2.70. The second kappa shape index (κ2) is 3.66. The summed E-state index contributed by atoms with van der Waals surface area (Å²) in [6, 6.07) is 0. The van der Waals surface area contributed by atoms with Crippen LogP contribution in [0.5, 0.6) is 0 Å². The minimum atomic E-state index is -0.129. The van der Waals surface area contributed by atoms with Crippen molar-refractivity contribution in [3.05, 3.63) is 16.4 Å². The number of carbonyl (C=O) groups excluding carboxylic acids is 1. The van der Waals surface area contributed by atoms with Crippen molar-refractivity contribution in [2.24, 2.45) is 0 Å². The topological polar surface area (TPSA) is 47.3 Å². The van der Waals surface area contributed by atoms with E-state index < -0.39 is 0 Å². The fourth-order valence-corrected chi connectivity index (χ4v) is 2.44. The van der Waals surface area contributed by atoms with Gasteiger partial charge in [-0.1, -0.05) is 39.0 Å². The van der Waals surface area contributed by atoms with Crippen molar-refractivity contribution in [1.29, 1.82) is 0 Å². The lowest BCUT2D eigenvalue weighted by Crippen LogP contribution is -2.15. The van der Waals surface area contributed by atoms with E-state index in [9.17, 15) is 4.79 Å². The quantitative estimate of drug-likeness (QED) is 0.754. The predicted molar refractivity (Wildman–Crippen MR) is 64.3 cm³/mol. The average Bonchev–Trinajstić information content (AvgIpc) is 2.71. The molecule has 0 atom stereocenters. The van der Waals surface area contributed by atoms with Gasteiger partial charge in [0.1, 0.15) is 10.7 Å². The Bertz CT molecular complexity index is 533. The van der Waals surface area contributed by atoms with E-state index in [1.54, 1.807) is 15.9 Å². The third-order valence-corrected chi connectivity index (χ3v) is 3.46. The van der Waals surface area contributed by atoms with E-state index in [0.29, 0.717) is 5.69 Å². The summed E-state index contributed by atoms with van der Waals surface area (Å²) in [4.78, 5) is 16.5. The Morgan fingerprint density at radius 2 is 2.12 bits per heavy atom. The SMILES string of the molecule is CCc1nn2c(C=O)c(C(C)(C)C)nc2s1. The molecule has 0 aliphatic heterocycles. The lowest BCUT2D eigenvalue weighted by atomic mass is 9.91. The largest absolute Gasteiger partial charge is 0.296 e. The number of nitrogens with zero attached hydrogens (tertiary/aromatic N) is 3. The average molecular weight is 237 g/mol. The van der Waals surface area contributed by atoms with E-state index in [1.165, 1.54) is 0 Å². The van der Waals surface area contributed by atoms with Crippen molar-refractivity contribution in [2.75, 3.05) is 0 Å². The van der Waals surface area contributed by atoms with Gasteiger partial charge in [-0.15, -0.1) is 0 Å². The maximum Gasteiger partial charge on any atom is 0.213 e. The molecular weight excluding hydrogens is 222 g/mol. The summed E-state index contributed by atoms with van der Waals surface area (Å²) in [5.74, 6) is 0. The molecule has 0 unspecified atom stereocenters. The minimum absolute atomic E-state index is 0.129. The lowest BCUT2D eigenvalue weighted by Gasteiger charge is -2.15. The zero-order chi connectivity index (χ0) is 11.9. The third-order valence-electron chi connectivity index (χ3n) is 2.40. The molecule has 0 aliphatic carbocycles. The first-order valence-electron chi connectivity index (χ1n) is 5.31. The van der Waals surface area contributed by atoms with Gasteiger partial charge in [0.05, 0.1) is 5.69 Å². The number of hydrogen-bond donors (Lipinski definition) is 0. The van der Waals surface area contributed by atoms with Crippen LogP contribution < -0.4 is 0 Å². The van der Waals surface area contributed by atoms with Crippen LogP contribution in [0.25, 0.3) is 4.96 Å². The molecule has 2 aromatic heterocycles. The second-order valence-electron chi connectivity index (χ2n) is 4.76. The first-order valence-corrected chi connectivity index (χ1v) is 6.13. The molecule has 0 spiro atoms. The fraction of sp³-hybridized carbons (Fsp3) is 0.545. The molecule has 0 fully saturated rings. The highest BCUT2D eigenvalue weighted by atomic mass is 32.1. The van der Waals surface area contributed by atoms with Gasteiger partial charge in [-0.05, 0) is 6.42 Å². The van der Waals surface area contributed by atoms with Crippen molar-refractivity contribution in [3.8, 4) is 0 Å². The Morgan fingerprint density at radius 1 is 1.44 bits per heavy atom. The molecule has 0 aromatic carbocycles. The molecule has 0 N–H and O–H groups in total. The Morgan fingerprint density at radius 3 is 2.62 bits per heavy atom. The van der Waals surface area contributed by atoms with Crippen LogP contribution in [0, 0.1) is 0 Å². The summed E-state index contributed by atoms with van der Waals surface area (Å²) in [6.07, 6.45) is 1.72. The zero-order valence-corrected chi connectivity index (χ0v) is 10.8. The van der Waals surface area contributed by atoms with Crippen LogP contribution in [0.15, 0.2) is 0 Å². The van der Waals surface area contributed by atoms with E-state index in [2.05, 4.69) is 10.1 Å². The number of hydrogen-bond acceptors (Lipinski definition) is 4. The highest BCUT2D eigenvalue weighted by molar-refractivity contribution is 7.16. The van der Waals surface area contributed by atoms with Gasteiger partial charge in [0.15, 0.2) is 6.29 Å². The number of rotatable bonds is 2. The molecule has 16 heavy (non-hydrogen) atoms. The summed E-state index contributed by atoms with van der Waals surface area (Å²) >= 11 is 1.55. The minimum Gasteiger partial charge on any atom is -0.296 e. The Kier molecular flexibility index (Phi) is 2.58. The fourth-order valence-electron chi connectivity index (χ4n) is 1.60. The number of carbonyl (C=O) groups is 1. The number of imidazole rings is 1. The molecule has 86 valence electrons. The van der Waals surface area contributed by atoms with Gasteiger partial charge in [-0.25, -0.2) is 4.98 Å². The summed E-state index contributed by atoms with van der Waals surface area (Å²) in [5, 5.41) is 5.38. The van der Waals surface area contributed by atoms with E-state index in [-0.39, 0.29) is 5.41 Å². The van der Waals surface area contributed by atoms with Crippen LogP contribution in [-0.2, 0) is 11.8 Å². The molecule has 4 nitrogen and oxygen atoms in total. The van der Waals surface area contributed by atoms with Gasteiger partial charge < -0.3 is 0 Å². The van der Waals surface area contributed by atoms with E-state index in [1.807, 2.05) is 27.7 Å². The van der Waals surface area contributed by atoms with Crippen LogP contribution in [0.2, 0.25) is 0 Å². The summed E-state index contributed by atoms with van der Waals surface area (Å²) in [5.41, 5.74) is 1.28. The van der Waals surface area contributed by atoms with Gasteiger partial charge >= 0.3 is 0 Å². The lowest BCUT2D eigenvalue weighted by molar-refractivity contribution is 0.111. The van der Waals surface area contributed by atoms with Crippen molar-refractivity contribution in [3.63, 3.8) is 0 Å². The van der Waals surface area contributed by atoms with Crippen LogP contribution in [-0.4, -0.2) is 20.9 Å². The van der Waals surface area contributed by atoms with E-state index in [0.717, 1.165) is 28.4 Å². The predicted octanol–water partition coefficient (Wildman–Crippen LogP) is 2.46. The van der Waals surface area contributed by atoms with E-state index in [4.69, 9.17) is 0 Å². The summed E-state index contributed by atoms with van der Waals surface area (Å²) < 4.78 is 1.66. The summed E-state index contributed by atoms with van der Waals surface area (Å²) in [7, 11) is 0. The van der Waals surface area contributed by atoms with Gasteiger partial charge in [0, 0.05) is 5.41 Å². The van der Waals surface area contributed by atoms with Crippen molar-refractivity contribution >= 4 is 22.6 Å². The molecule has 0 amide bonds. The number of fused-ring (bicyclic) bond motifs is 1. The highest BCUT2D eigenvalue weighted by Crippen LogP contribution is 2.27. The van der Waals surface area contributed by atoms with Crippen LogP contribution in [0.3, 0.4) is 0 Å². The highest BCUT2D eigenvalue weighted by Gasteiger charge is 2.25. The zero-order valence-electron chi connectivity index (χ0n) is 9.94. The molecule has 0 saturated carbocycles. The Hall–Kier alpha value is -1.23. The van der Waals surface area contributed by atoms with Crippen molar-refractivity contribution < 1.29 is 4.79 Å². The maximum atomic E-state index is 11.2. The molecule has 2 rings (SSSR count). The van der Waals surface area contributed by atoms with Gasteiger partial charge in [0.25, 0.3) is 0 Å². The van der Waals surface area contributed by atoms with Crippen LogP contribution >= 0.6 is 11.3 Å². The van der Waals surface area contributed by atoms with Gasteiger partial charge in [-0.3, -0.25) is 4.79 Å². The molecule has 5 heteroatoms.